The van der Waals surface area contributed by atoms with E-state index < -0.39 is 0 Å². The molecule has 2 aromatic rings. The summed E-state index contributed by atoms with van der Waals surface area (Å²) in [6.45, 7) is 2.06. The van der Waals surface area contributed by atoms with E-state index in [1.165, 1.54) is 5.56 Å². The summed E-state index contributed by atoms with van der Waals surface area (Å²) in [5, 5.41) is 1.04. The van der Waals surface area contributed by atoms with Crippen LogP contribution in [0, 0.1) is 6.92 Å². The van der Waals surface area contributed by atoms with Gasteiger partial charge in [0.25, 0.3) is 0 Å². The van der Waals surface area contributed by atoms with Crippen LogP contribution in [0.25, 0.3) is 10.9 Å². The molecule has 90 valence electrons. The first-order chi connectivity index (χ1) is 8.13. The van der Waals surface area contributed by atoms with Crippen molar-refractivity contribution in [3.05, 3.63) is 35.5 Å². The standard InChI is InChI=1S/C14H16ClNO/c1-10-5-6-11-12(14(17)4-3-7-15)9-16(2)13(11)8-10/h5-6,8-9H,3-4,7H2,1-2H3. The highest BCUT2D eigenvalue weighted by Gasteiger charge is 2.13. The van der Waals surface area contributed by atoms with Gasteiger partial charge in [-0.25, -0.2) is 0 Å². The van der Waals surface area contributed by atoms with Gasteiger partial charge in [-0.1, -0.05) is 12.1 Å². The van der Waals surface area contributed by atoms with Crippen LogP contribution in [0.5, 0.6) is 0 Å². The van der Waals surface area contributed by atoms with E-state index in [0.29, 0.717) is 12.3 Å². The Balaban J connectivity index is 2.45. The quantitative estimate of drug-likeness (QED) is 0.598. The third-order valence-corrected chi connectivity index (χ3v) is 3.25. The van der Waals surface area contributed by atoms with E-state index in [-0.39, 0.29) is 5.78 Å². The van der Waals surface area contributed by atoms with Crippen molar-refractivity contribution in [1.82, 2.24) is 4.57 Å². The highest BCUT2D eigenvalue weighted by Crippen LogP contribution is 2.23. The molecular formula is C14H16ClNO. The summed E-state index contributed by atoms with van der Waals surface area (Å²) in [6.07, 6.45) is 3.18. The third kappa shape index (κ3) is 2.37. The molecule has 0 radical (unpaired) electrons. The third-order valence-electron chi connectivity index (χ3n) is 2.98. The van der Waals surface area contributed by atoms with E-state index >= 15 is 0 Å². The maximum atomic E-state index is 12.0. The number of halogens is 1. The monoisotopic (exact) mass is 249 g/mol. The van der Waals surface area contributed by atoms with Gasteiger partial charge in [0.1, 0.15) is 0 Å². The Kier molecular flexibility index (Phi) is 3.53. The number of hydrogen-bond acceptors (Lipinski definition) is 1. The zero-order valence-electron chi connectivity index (χ0n) is 10.2. The summed E-state index contributed by atoms with van der Waals surface area (Å²) in [4.78, 5) is 12.0. The van der Waals surface area contributed by atoms with Crippen LogP contribution in [0.2, 0.25) is 0 Å². The average Bonchev–Trinajstić information content (AvgIpc) is 2.64. The Morgan fingerprint density at radius 1 is 1.41 bits per heavy atom. The minimum Gasteiger partial charge on any atom is -0.350 e. The van der Waals surface area contributed by atoms with Crippen molar-refractivity contribution in [2.24, 2.45) is 7.05 Å². The SMILES string of the molecule is Cc1ccc2c(C(=O)CCCCl)cn(C)c2c1. The number of hydrogen-bond donors (Lipinski definition) is 0. The zero-order chi connectivity index (χ0) is 12.4. The Morgan fingerprint density at radius 3 is 2.88 bits per heavy atom. The van der Waals surface area contributed by atoms with Gasteiger partial charge in [-0.3, -0.25) is 4.79 Å². The van der Waals surface area contributed by atoms with E-state index in [1.54, 1.807) is 0 Å². The van der Waals surface area contributed by atoms with E-state index in [9.17, 15) is 4.79 Å². The maximum Gasteiger partial charge on any atom is 0.165 e. The number of aryl methyl sites for hydroxylation is 2. The van der Waals surface area contributed by atoms with Crippen molar-refractivity contribution in [3.63, 3.8) is 0 Å². The molecule has 0 atom stereocenters. The molecule has 1 heterocycles. The highest BCUT2D eigenvalue weighted by molar-refractivity contribution is 6.18. The smallest absolute Gasteiger partial charge is 0.165 e. The summed E-state index contributed by atoms with van der Waals surface area (Å²) in [5.41, 5.74) is 3.13. The molecule has 1 aromatic heterocycles. The van der Waals surface area contributed by atoms with Crippen molar-refractivity contribution in [2.45, 2.75) is 19.8 Å². The Labute approximate surface area is 106 Å². The van der Waals surface area contributed by atoms with Gasteiger partial charge in [0.15, 0.2) is 5.78 Å². The van der Waals surface area contributed by atoms with Gasteiger partial charge in [-0.2, -0.15) is 0 Å². The lowest BCUT2D eigenvalue weighted by Crippen LogP contribution is -1.98. The number of carbonyl (C=O) groups is 1. The average molecular weight is 250 g/mol. The van der Waals surface area contributed by atoms with Crippen LogP contribution < -0.4 is 0 Å². The topological polar surface area (TPSA) is 22.0 Å². The van der Waals surface area contributed by atoms with Gasteiger partial charge in [0.05, 0.1) is 0 Å². The first-order valence-electron chi connectivity index (χ1n) is 5.78. The number of carbonyl (C=O) groups excluding carboxylic acids is 1. The second-order valence-corrected chi connectivity index (χ2v) is 4.77. The molecule has 0 saturated heterocycles. The number of benzene rings is 1. The molecule has 0 fully saturated rings. The van der Waals surface area contributed by atoms with Gasteiger partial charge in [-0.15, -0.1) is 11.6 Å². The number of aromatic nitrogens is 1. The fourth-order valence-electron chi connectivity index (χ4n) is 2.08. The van der Waals surface area contributed by atoms with Crippen molar-refractivity contribution in [3.8, 4) is 0 Å². The first kappa shape index (κ1) is 12.2. The van der Waals surface area contributed by atoms with Crippen molar-refractivity contribution in [1.29, 1.82) is 0 Å². The minimum absolute atomic E-state index is 0.181. The lowest BCUT2D eigenvalue weighted by atomic mass is 10.1. The zero-order valence-corrected chi connectivity index (χ0v) is 10.9. The van der Waals surface area contributed by atoms with Gasteiger partial charge in [0, 0.05) is 42.0 Å². The van der Waals surface area contributed by atoms with Crippen molar-refractivity contribution < 1.29 is 4.79 Å². The van der Waals surface area contributed by atoms with Gasteiger partial charge < -0.3 is 4.57 Å². The molecule has 0 aliphatic carbocycles. The molecular weight excluding hydrogens is 234 g/mol. The predicted molar refractivity (Wildman–Crippen MR) is 71.9 cm³/mol. The number of fused-ring (bicyclic) bond motifs is 1. The Hall–Kier alpha value is -1.28. The Morgan fingerprint density at radius 2 is 2.18 bits per heavy atom. The second kappa shape index (κ2) is 4.92. The summed E-state index contributed by atoms with van der Waals surface area (Å²) < 4.78 is 2.01. The Bertz CT molecular complexity index is 557. The van der Waals surface area contributed by atoms with E-state index in [2.05, 4.69) is 13.0 Å². The highest BCUT2D eigenvalue weighted by atomic mass is 35.5. The van der Waals surface area contributed by atoms with Crippen LogP contribution in [0.1, 0.15) is 28.8 Å². The van der Waals surface area contributed by atoms with Crippen LogP contribution in [-0.2, 0) is 7.05 Å². The predicted octanol–water partition coefficient (Wildman–Crippen LogP) is 3.69. The van der Waals surface area contributed by atoms with Crippen molar-refractivity contribution >= 4 is 28.3 Å². The maximum absolute atomic E-state index is 12.0. The molecule has 0 aliphatic rings. The van der Waals surface area contributed by atoms with Gasteiger partial charge in [-0.05, 0) is 25.0 Å². The molecule has 17 heavy (non-hydrogen) atoms. The molecule has 0 unspecified atom stereocenters. The number of Topliss-reactive ketones (excluding diaryl/α,β-unsaturated/α-hetero) is 1. The molecule has 1 aromatic carbocycles. The van der Waals surface area contributed by atoms with E-state index in [4.69, 9.17) is 11.6 Å². The molecule has 0 saturated carbocycles. The molecule has 2 rings (SSSR count). The van der Waals surface area contributed by atoms with Crippen LogP contribution >= 0.6 is 11.6 Å². The molecule has 0 spiro atoms. The number of alkyl halides is 1. The molecule has 0 N–H and O–H groups in total. The molecule has 0 bridgehead atoms. The number of ketones is 1. The van der Waals surface area contributed by atoms with E-state index in [1.807, 2.05) is 29.9 Å². The summed E-state index contributed by atoms with van der Waals surface area (Å²) in [6, 6.07) is 6.17. The van der Waals surface area contributed by atoms with Crippen molar-refractivity contribution in [2.75, 3.05) is 5.88 Å². The lowest BCUT2D eigenvalue weighted by Gasteiger charge is -1.98. The molecule has 0 amide bonds. The largest absolute Gasteiger partial charge is 0.350 e. The summed E-state index contributed by atoms with van der Waals surface area (Å²) in [7, 11) is 1.97. The molecule has 0 aliphatic heterocycles. The summed E-state index contributed by atoms with van der Waals surface area (Å²) >= 11 is 5.62. The number of rotatable bonds is 4. The van der Waals surface area contributed by atoms with Gasteiger partial charge >= 0.3 is 0 Å². The lowest BCUT2D eigenvalue weighted by molar-refractivity contribution is 0.0983. The van der Waals surface area contributed by atoms with Crippen LogP contribution in [0.15, 0.2) is 24.4 Å². The first-order valence-corrected chi connectivity index (χ1v) is 6.32. The van der Waals surface area contributed by atoms with Crippen LogP contribution in [0.3, 0.4) is 0 Å². The minimum atomic E-state index is 0.181. The summed E-state index contributed by atoms with van der Waals surface area (Å²) in [5.74, 6) is 0.718. The molecule has 3 heteroatoms. The van der Waals surface area contributed by atoms with Crippen LogP contribution in [-0.4, -0.2) is 16.2 Å². The normalized spacial score (nSPS) is 11.0. The second-order valence-electron chi connectivity index (χ2n) is 4.39. The van der Waals surface area contributed by atoms with Crippen LogP contribution in [0.4, 0.5) is 0 Å². The fourth-order valence-corrected chi connectivity index (χ4v) is 2.21. The van der Waals surface area contributed by atoms with Gasteiger partial charge in [0.2, 0.25) is 0 Å². The van der Waals surface area contributed by atoms with E-state index in [0.717, 1.165) is 22.9 Å². The fraction of sp³-hybridized carbons (Fsp3) is 0.357. The molecule has 2 nitrogen and oxygen atoms in total. The number of nitrogens with zero attached hydrogens (tertiary/aromatic N) is 1.